The highest BCUT2D eigenvalue weighted by molar-refractivity contribution is 5.94. The van der Waals surface area contributed by atoms with Gasteiger partial charge in [0.2, 0.25) is 0 Å². The maximum Gasteiger partial charge on any atom is 0.327 e. The maximum absolute atomic E-state index is 12.2. The van der Waals surface area contributed by atoms with Gasteiger partial charge in [-0.2, -0.15) is 0 Å². The number of hydrogen-bond acceptors (Lipinski definition) is 4. The molecule has 0 radical (unpaired) electrons. The van der Waals surface area contributed by atoms with Crippen molar-refractivity contribution in [3.8, 4) is 0 Å². The number of ether oxygens (including phenoxy) is 1. The predicted octanol–water partition coefficient (Wildman–Crippen LogP) is 1.60. The smallest absolute Gasteiger partial charge is 0.327 e. The first kappa shape index (κ1) is 15.2. The molecule has 0 aliphatic carbocycles. The molecule has 1 atom stereocenters. The van der Waals surface area contributed by atoms with Crippen molar-refractivity contribution in [1.29, 1.82) is 0 Å². The summed E-state index contributed by atoms with van der Waals surface area (Å²) in [5.74, 6) is -0.605. The first-order valence-corrected chi connectivity index (χ1v) is 6.14. The van der Waals surface area contributed by atoms with Gasteiger partial charge < -0.3 is 4.74 Å². The highest BCUT2D eigenvalue weighted by atomic mass is 16.5. The number of hydrogen-bond donors (Lipinski definition) is 1. The molecule has 1 N–H and O–H groups in total. The molecule has 0 aliphatic rings. The molecule has 1 amide bonds. The molecule has 0 heterocycles. The second-order valence-corrected chi connectivity index (χ2v) is 4.52. The van der Waals surface area contributed by atoms with Crippen LogP contribution in [-0.2, 0) is 9.53 Å². The molecular weight excluding hydrogens is 244 g/mol. The van der Waals surface area contributed by atoms with E-state index in [4.69, 9.17) is 4.74 Å². The number of carbonyl (C=O) groups excluding carboxylic acids is 2. The molecule has 5 heteroatoms. The van der Waals surface area contributed by atoms with E-state index < -0.39 is 11.5 Å². The van der Waals surface area contributed by atoms with E-state index in [1.807, 2.05) is 13.0 Å². The lowest BCUT2D eigenvalue weighted by molar-refractivity contribution is -0.149. The van der Waals surface area contributed by atoms with E-state index in [0.29, 0.717) is 12.0 Å². The van der Waals surface area contributed by atoms with E-state index in [1.54, 1.807) is 38.2 Å². The van der Waals surface area contributed by atoms with Crippen LogP contribution in [0.3, 0.4) is 0 Å². The molecule has 0 saturated carbocycles. The molecule has 19 heavy (non-hydrogen) atoms. The number of amides is 1. The molecular formula is C14H20N2O3. The van der Waals surface area contributed by atoms with Crippen molar-refractivity contribution < 1.29 is 14.3 Å². The summed E-state index contributed by atoms with van der Waals surface area (Å²) >= 11 is 0. The lowest BCUT2D eigenvalue weighted by Gasteiger charge is -2.31. The van der Waals surface area contributed by atoms with Gasteiger partial charge in [0.25, 0.3) is 5.91 Å². The van der Waals surface area contributed by atoms with Gasteiger partial charge in [-0.25, -0.2) is 5.43 Å². The number of methoxy groups -OCH3 is 1. The Morgan fingerprint density at radius 3 is 2.37 bits per heavy atom. The number of hydrazine groups is 1. The molecule has 0 aliphatic heterocycles. The van der Waals surface area contributed by atoms with Crippen molar-refractivity contribution in [1.82, 2.24) is 10.4 Å². The van der Waals surface area contributed by atoms with E-state index in [0.717, 1.165) is 0 Å². The van der Waals surface area contributed by atoms with E-state index in [9.17, 15) is 9.59 Å². The lowest BCUT2D eigenvalue weighted by Crippen LogP contribution is -2.57. The molecule has 104 valence electrons. The van der Waals surface area contributed by atoms with Crippen LogP contribution in [0.5, 0.6) is 0 Å². The second-order valence-electron chi connectivity index (χ2n) is 4.52. The zero-order valence-electron chi connectivity index (χ0n) is 11.8. The Kier molecular flexibility index (Phi) is 5.06. The third-order valence-corrected chi connectivity index (χ3v) is 3.08. The number of nitrogens with zero attached hydrogens (tertiary/aromatic N) is 1. The van der Waals surface area contributed by atoms with Crippen molar-refractivity contribution in [3.63, 3.8) is 0 Å². The summed E-state index contributed by atoms with van der Waals surface area (Å²) in [4.78, 5) is 23.9. The topological polar surface area (TPSA) is 58.6 Å². The first-order chi connectivity index (χ1) is 8.94. The third kappa shape index (κ3) is 3.54. The van der Waals surface area contributed by atoms with Crippen LogP contribution in [0.25, 0.3) is 0 Å². The molecule has 1 unspecified atom stereocenters. The Hall–Kier alpha value is -1.88. The van der Waals surface area contributed by atoms with E-state index in [-0.39, 0.29) is 5.91 Å². The lowest BCUT2D eigenvalue weighted by atomic mass is 10.0. The summed E-state index contributed by atoms with van der Waals surface area (Å²) in [7, 11) is 2.92. The first-order valence-electron chi connectivity index (χ1n) is 6.14. The van der Waals surface area contributed by atoms with Gasteiger partial charge >= 0.3 is 5.97 Å². The maximum atomic E-state index is 12.2. The average Bonchev–Trinajstić information content (AvgIpc) is 2.46. The van der Waals surface area contributed by atoms with Crippen molar-refractivity contribution in [3.05, 3.63) is 35.9 Å². The van der Waals surface area contributed by atoms with Gasteiger partial charge in [0, 0.05) is 12.6 Å². The molecule has 0 bridgehead atoms. The Morgan fingerprint density at radius 2 is 1.89 bits per heavy atom. The van der Waals surface area contributed by atoms with Crippen LogP contribution < -0.4 is 5.43 Å². The predicted molar refractivity (Wildman–Crippen MR) is 72.4 cm³/mol. The van der Waals surface area contributed by atoms with Crippen molar-refractivity contribution in [2.75, 3.05) is 14.2 Å². The van der Waals surface area contributed by atoms with Gasteiger partial charge in [0.15, 0.2) is 0 Å². The normalized spacial score (nSPS) is 13.5. The fourth-order valence-electron chi connectivity index (χ4n) is 1.69. The standard InChI is InChI=1S/C14H20N2O3/c1-5-14(2,13(18)19-4)15-16(3)12(17)11-9-7-6-8-10-11/h6-10,15H,5H2,1-4H3. The molecule has 0 fully saturated rings. The summed E-state index contributed by atoms with van der Waals surface area (Å²) in [6.45, 7) is 3.55. The third-order valence-electron chi connectivity index (χ3n) is 3.08. The summed E-state index contributed by atoms with van der Waals surface area (Å²) in [5.41, 5.74) is 2.53. The van der Waals surface area contributed by atoms with Crippen molar-refractivity contribution in [2.45, 2.75) is 25.8 Å². The second kappa shape index (κ2) is 6.33. The van der Waals surface area contributed by atoms with E-state index in [1.165, 1.54) is 12.1 Å². The Balaban J connectivity index is 2.81. The highest BCUT2D eigenvalue weighted by Crippen LogP contribution is 2.13. The van der Waals surface area contributed by atoms with Gasteiger partial charge in [-0.05, 0) is 25.5 Å². The number of nitrogens with one attached hydrogen (secondary N) is 1. The van der Waals surface area contributed by atoms with Crippen molar-refractivity contribution in [2.24, 2.45) is 0 Å². The van der Waals surface area contributed by atoms with Gasteiger partial charge in [-0.15, -0.1) is 0 Å². The molecule has 0 aromatic heterocycles. The van der Waals surface area contributed by atoms with Crippen LogP contribution in [-0.4, -0.2) is 36.6 Å². The van der Waals surface area contributed by atoms with Crippen LogP contribution in [0.4, 0.5) is 0 Å². The number of carbonyl (C=O) groups is 2. The zero-order chi connectivity index (χ0) is 14.5. The van der Waals surface area contributed by atoms with Crippen LogP contribution >= 0.6 is 0 Å². The largest absolute Gasteiger partial charge is 0.468 e. The van der Waals surface area contributed by atoms with Crippen molar-refractivity contribution >= 4 is 11.9 Å². The fraction of sp³-hybridized carbons (Fsp3) is 0.429. The van der Waals surface area contributed by atoms with E-state index in [2.05, 4.69) is 5.43 Å². The Morgan fingerprint density at radius 1 is 1.32 bits per heavy atom. The molecule has 5 nitrogen and oxygen atoms in total. The van der Waals surface area contributed by atoms with Gasteiger partial charge in [0.05, 0.1) is 7.11 Å². The van der Waals surface area contributed by atoms with E-state index >= 15 is 0 Å². The molecule has 1 rings (SSSR count). The summed E-state index contributed by atoms with van der Waals surface area (Å²) in [6.07, 6.45) is 0.506. The molecule has 0 saturated heterocycles. The summed E-state index contributed by atoms with van der Waals surface area (Å²) < 4.78 is 4.75. The minimum atomic E-state index is -0.923. The molecule has 1 aromatic rings. The quantitative estimate of drug-likeness (QED) is 0.648. The van der Waals surface area contributed by atoms with Crippen LogP contribution in [0.1, 0.15) is 30.6 Å². The van der Waals surface area contributed by atoms with Crippen LogP contribution in [0, 0.1) is 0 Å². The minimum absolute atomic E-state index is 0.204. The molecule has 1 aromatic carbocycles. The van der Waals surface area contributed by atoms with Gasteiger partial charge in [-0.1, -0.05) is 25.1 Å². The fourth-order valence-corrected chi connectivity index (χ4v) is 1.69. The SMILES string of the molecule is CCC(C)(NN(C)C(=O)c1ccccc1)C(=O)OC. The summed E-state index contributed by atoms with van der Waals surface area (Å²) in [5, 5.41) is 1.32. The van der Waals surface area contributed by atoms with Crippen LogP contribution in [0.15, 0.2) is 30.3 Å². The average molecular weight is 264 g/mol. The number of benzene rings is 1. The molecule has 0 spiro atoms. The Labute approximate surface area is 113 Å². The minimum Gasteiger partial charge on any atom is -0.468 e. The number of esters is 1. The Bertz CT molecular complexity index is 447. The monoisotopic (exact) mass is 264 g/mol. The summed E-state index contributed by atoms with van der Waals surface area (Å²) in [6, 6.07) is 8.87. The number of rotatable bonds is 5. The van der Waals surface area contributed by atoms with Gasteiger partial charge in [-0.3, -0.25) is 14.6 Å². The highest BCUT2D eigenvalue weighted by Gasteiger charge is 2.34. The van der Waals surface area contributed by atoms with Crippen LogP contribution in [0.2, 0.25) is 0 Å². The zero-order valence-corrected chi connectivity index (χ0v) is 11.8. The van der Waals surface area contributed by atoms with Gasteiger partial charge in [0.1, 0.15) is 5.54 Å².